The van der Waals surface area contributed by atoms with E-state index in [9.17, 15) is 0 Å². The van der Waals surface area contributed by atoms with Crippen LogP contribution in [-0.4, -0.2) is 0 Å². The zero-order valence-electron chi connectivity index (χ0n) is 33.3. The molecule has 1 aliphatic carbocycles. The largest absolute Gasteiger partial charge is 0.0622 e. The summed E-state index contributed by atoms with van der Waals surface area (Å²) >= 11 is 0. The van der Waals surface area contributed by atoms with Crippen molar-refractivity contribution in [3.05, 3.63) is 240 Å². The zero-order chi connectivity index (χ0) is 39.5. The summed E-state index contributed by atoms with van der Waals surface area (Å²) in [6, 6.07) is 78.4. The molecule has 11 rings (SSSR count). The van der Waals surface area contributed by atoms with Gasteiger partial charge in [-0.2, -0.15) is 0 Å². The summed E-state index contributed by atoms with van der Waals surface area (Å²) in [6.45, 7) is 4.75. The summed E-state index contributed by atoms with van der Waals surface area (Å²) in [5.41, 5.74) is 17.6. The van der Waals surface area contributed by atoms with Gasteiger partial charge >= 0.3 is 0 Å². The van der Waals surface area contributed by atoms with Gasteiger partial charge in [-0.15, -0.1) is 0 Å². The first-order chi connectivity index (χ1) is 29.0. The van der Waals surface area contributed by atoms with Crippen LogP contribution in [0.25, 0.3) is 88.5 Å². The number of hydrogen-bond acceptors (Lipinski definition) is 0. The van der Waals surface area contributed by atoms with Crippen molar-refractivity contribution >= 4 is 44.0 Å². The minimum absolute atomic E-state index is 0.103. The maximum atomic E-state index is 2.49. The SMILES string of the molecule is CC1(C)c2ccccc2-c2ccc(-c3c4ccccc4c(-c4cccc(C=C(c5ccccc5)c5ccccc5)c4)c4ccc(-c5cccc6ccccc56)cc34)cc21. The quantitative estimate of drug-likeness (QED) is 0.117. The van der Waals surface area contributed by atoms with E-state index in [1.54, 1.807) is 0 Å². The molecule has 0 aromatic heterocycles. The Labute approximate surface area is 346 Å². The van der Waals surface area contributed by atoms with Crippen molar-refractivity contribution in [3.63, 3.8) is 0 Å². The molecule has 0 aliphatic heterocycles. The average Bonchev–Trinajstić information content (AvgIpc) is 3.52. The molecule has 0 atom stereocenters. The van der Waals surface area contributed by atoms with Gasteiger partial charge in [0, 0.05) is 5.41 Å². The predicted octanol–water partition coefficient (Wildman–Crippen LogP) is 16.0. The molecular formula is C59H42. The van der Waals surface area contributed by atoms with Crippen LogP contribution in [0.3, 0.4) is 0 Å². The summed E-state index contributed by atoms with van der Waals surface area (Å²) in [7, 11) is 0. The minimum Gasteiger partial charge on any atom is -0.0622 e. The van der Waals surface area contributed by atoms with Crippen LogP contribution in [0.4, 0.5) is 0 Å². The average molecular weight is 751 g/mol. The van der Waals surface area contributed by atoms with E-state index in [4.69, 9.17) is 0 Å². The standard InChI is InChI=1S/C59H42/c1-59(2)55-30-14-13-26-48(55)49-33-32-45(38-56(49)59)58-51-28-12-11-27-50(51)57(52-34-31-43(37-54(52)58)47-29-16-23-40-22-9-10-25-46(40)47)44-24-15-17-39(35-44)36-53(41-18-5-3-6-19-41)42-20-7-4-8-21-42/h3-38H,1-2H3. The van der Waals surface area contributed by atoms with Gasteiger partial charge in [-0.1, -0.05) is 208 Å². The monoisotopic (exact) mass is 750 g/mol. The summed E-state index contributed by atoms with van der Waals surface area (Å²) in [5, 5.41) is 7.53. The van der Waals surface area contributed by atoms with Gasteiger partial charge < -0.3 is 0 Å². The smallest absolute Gasteiger partial charge is 0.0159 e. The van der Waals surface area contributed by atoms with E-state index < -0.39 is 0 Å². The van der Waals surface area contributed by atoms with Crippen LogP contribution in [0.15, 0.2) is 212 Å². The van der Waals surface area contributed by atoms with Crippen molar-refractivity contribution in [1.29, 1.82) is 0 Å². The van der Waals surface area contributed by atoms with E-state index in [0.29, 0.717) is 0 Å². The lowest BCUT2D eigenvalue weighted by atomic mass is 9.80. The van der Waals surface area contributed by atoms with Crippen LogP contribution >= 0.6 is 0 Å². The number of hydrogen-bond donors (Lipinski definition) is 0. The molecule has 0 nitrogen and oxygen atoms in total. The lowest BCUT2D eigenvalue weighted by Gasteiger charge is -2.23. The highest BCUT2D eigenvalue weighted by molar-refractivity contribution is 6.22. The Morgan fingerprint density at radius 2 is 0.898 bits per heavy atom. The Hall–Kier alpha value is -7.28. The Morgan fingerprint density at radius 1 is 0.356 bits per heavy atom. The molecule has 0 heterocycles. The Morgan fingerprint density at radius 3 is 1.66 bits per heavy atom. The summed E-state index contributed by atoms with van der Waals surface area (Å²) < 4.78 is 0. The highest BCUT2D eigenvalue weighted by Gasteiger charge is 2.35. The van der Waals surface area contributed by atoms with Gasteiger partial charge in [-0.05, 0) is 134 Å². The first kappa shape index (κ1) is 34.9. The third-order valence-corrected chi connectivity index (χ3v) is 12.7. The molecule has 59 heavy (non-hydrogen) atoms. The van der Waals surface area contributed by atoms with Crippen LogP contribution in [0.2, 0.25) is 0 Å². The molecule has 0 spiro atoms. The highest BCUT2D eigenvalue weighted by Crippen LogP contribution is 2.51. The molecule has 0 amide bonds. The number of fused-ring (bicyclic) bond motifs is 6. The molecule has 10 aromatic rings. The van der Waals surface area contributed by atoms with Crippen LogP contribution in [0.1, 0.15) is 41.7 Å². The van der Waals surface area contributed by atoms with Crippen LogP contribution in [0, 0.1) is 0 Å². The predicted molar refractivity (Wildman–Crippen MR) is 253 cm³/mol. The van der Waals surface area contributed by atoms with Crippen LogP contribution in [-0.2, 0) is 5.41 Å². The fraction of sp³-hybridized carbons (Fsp3) is 0.0508. The minimum atomic E-state index is -0.103. The molecule has 0 unspecified atom stereocenters. The van der Waals surface area contributed by atoms with Gasteiger partial charge in [0.1, 0.15) is 0 Å². The first-order valence-corrected chi connectivity index (χ1v) is 20.7. The molecule has 0 heteroatoms. The van der Waals surface area contributed by atoms with Crippen molar-refractivity contribution in [3.8, 4) is 44.5 Å². The summed E-state index contributed by atoms with van der Waals surface area (Å²) in [5.74, 6) is 0. The van der Waals surface area contributed by atoms with E-state index in [-0.39, 0.29) is 5.41 Å². The lowest BCUT2D eigenvalue weighted by molar-refractivity contribution is 0.660. The van der Waals surface area contributed by atoms with E-state index in [1.165, 1.54) is 110 Å². The molecule has 0 N–H and O–H groups in total. The molecular weight excluding hydrogens is 709 g/mol. The maximum Gasteiger partial charge on any atom is 0.0159 e. The lowest BCUT2D eigenvalue weighted by Crippen LogP contribution is -2.14. The molecule has 0 saturated carbocycles. The second-order valence-corrected chi connectivity index (χ2v) is 16.4. The fourth-order valence-corrected chi connectivity index (χ4v) is 9.82. The van der Waals surface area contributed by atoms with Gasteiger partial charge in [0.15, 0.2) is 0 Å². The number of benzene rings is 10. The molecule has 0 saturated heterocycles. The van der Waals surface area contributed by atoms with E-state index in [0.717, 1.165) is 0 Å². The van der Waals surface area contributed by atoms with Gasteiger partial charge in [0.05, 0.1) is 0 Å². The van der Waals surface area contributed by atoms with E-state index >= 15 is 0 Å². The van der Waals surface area contributed by atoms with Crippen LogP contribution in [0.5, 0.6) is 0 Å². The Bertz CT molecular complexity index is 3230. The molecule has 0 fully saturated rings. The Kier molecular flexibility index (Phi) is 8.27. The normalized spacial score (nSPS) is 12.7. The second-order valence-electron chi connectivity index (χ2n) is 16.4. The van der Waals surface area contributed by atoms with Crippen LogP contribution < -0.4 is 0 Å². The summed E-state index contributed by atoms with van der Waals surface area (Å²) in [6.07, 6.45) is 2.34. The molecule has 0 bridgehead atoms. The second kappa shape index (κ2) is 14.0. The van der Waals surface area contributed by atoms with E-state index in [2.05, 4.69) is 232 Å². The van der Waals surface area contributed by atoms with E-state index in [1.807, 2.05) is 0 Å². The third-order valence-electron chi connectivity index (χ3n) is 12.7. The van der Waals surface area contributed by atoms with Crippen molar-refractivity contribution in [2.45, 2.75) is 19.3 Å². The summed E-state index contributed by atoms with van der Waals surface area (Å²) in [4.78, 5) is 0. The van der Waals surface area contributed by atoms with Gasteiger partial charge in [-0.25, -0.2) is 0 Å². The molecule has 278 valence electrons. The first-order valence-electron chi connectivity index (χ1n) is 20.7. The third kappa shape index (κ3) is 5.83. The van der Waals surface area contributed by atoms with Crippen molar-refractivity contribution in [1.82, 2.24) is 0 Å². The number of rotatable bonds is 6. The van der Waals surface area contributed by atoms with Crippen molar-refractivity contribution in [2.24, 2.45) is 0 Å². The van der Waals surface area contributed by atoms with Gasteiger partial charge in [0.25, 0.3) is 0 Å². The van der Waals surface area contributed by atoms with Crippen molar-refractivity contribution in [2.75, 3.05) is 0 Å². The fourth-order valence-electron chi connectivity index (χ4n) is 9.82. The maximum absolute atomic E-state index is 2.49. The topological polar surface area (TPSA) is 0 Å². The molecule has 1 aliphatic rings. The highest BCUT2D eigenvalue weighted by atomic mass is 14.4. The molecule has 0 radical (unpaired) electrons. The zero-order valence-corrected chi connectivity index (χ0v) is 33.3. The molecule has 10 aromatic carbocycles. The Balaban J connectivity index is 1.18. The van der Waals surface area contributed by atoms with Crippen molar-refractivity contribution < 1.29 is 0 Å². The van der Waals surface area contributed by atoms with Gasteiger partial charge in [-0.3, -0.25) is 0 Å². The van der Waals surface area contributed by atoms with Gasteiger partial charge in [0.2, 0.25) is 0 Å².